The van der Waals surface area contributed by atoms with Crippen LogP contribution >= 0.6 is 34.8 Å². The molecule has 29 heteroatoms. The molecule has 20 nitrogen and oxygen atoms in total. The van der Waals surface area contributed by atoms with Gasteiger partial charge >= 0.3 is 0 Å². The van der Waals surface area contributed by atoms with E-state index in [1.165, 1.54) is 55.0 Å². The van der Waals surface area contributed by atoms with E-state index in [0.29, 0.717) is 23.8 Å². The van der Waals surface area contributed by atoms with Crippen LogP contribution in [0.15, 0.2) is 132 Å². The Morgan fingerprint density at radius 2 is 1.09 bits per heavy atom. The molecule has 2 aliphatic rings. The molecule has 2 saturated carbocycles. The minimum absolute atomic E-state index is 0.00612. The lowest BCUT2D eigenvalue weighted by molar-refractivity contribution is 0.407. The van der Waals surface area contributed by atoms with Crippen LogP contribution in [0.1, 0.15) is 68.1 Å². The summed E-state index contributed by atoms with van der Waals surface area (Å²) < 4.78 is 116. The van der Waals surface area contributed by atoms with Crippen LogP contribution in [0.25, 0.3) is 49.4 Å². The van der Waals surface area contributed by atoms with Crippen molar-refractivity contribution in [2.24, 2.45) is 5.73 Å². The third kappa shape index (κ3) is 14.3. The summed E-state index contributed by atoms with van der Waals surface area (Å²) in [4.78, 5) is 35.4. The maximum atomic E-state index is 15.4. The van der Waals surface area contributed by atoms with E-state index in [-0.39, 0.29) is 112 Å². The van der Waals surface area contributed by atoms with Gasteiger partial charge in [0.1, 0.15) is 28.1 Å². The Morgan fingerprint density at radius 1 is 0.607 bits per heavy atom. The number of halogens is 7. The summed E-state index contributed by atoms with van der Waals surface area (Å²) in [6.07, 6.45) is 13.8. The highest BCUT2D eigenvalue weighted by atomic mass is 35.5. The summed E-state index contributed by atoms with van der Waals surface area (Å²) in [5.41, 5.74) is 7.49. The van der Waals surface area contributed by atoms with Gasteiger partial charge in [-0.3, -0.25) is 0 Å². The number of nitrogens with two attached hydrogens (primary N) is 1. The fourth-order valence-corrected chi connectivity index (χ4v) is 13.6. The van der Waals surface area contributed by atoms with Crippen molar-refractivity contribution in [3.8, 4) is 28.8 Å². The molecule has 2 aliphatic carbocycles. The first-order valence-corrected chi connectivity index (χ1v) is 31.4. The molecule has 2 fully saturated rings. The maximum absolute atomic E-state index is 15.4. The maximum Gasteiger partial charge on any atom is 0.268 e. The number of aromatic nitrogens is 10. The molecule has 0 unspecified atom stereocenters. The summed E-state index contributed by atoms with van der Waals surface area (Å²) in [7, 11) is -8.48. The Labute approximate surface area is 523 Å². The molecule has 0 amide bonds. The SMILES string of the molecule is Cc1ccc(S(=O)(=O)n2cc(-c3ncc(F)c(N[C@@H]4CCC[C@H](Nc5ccnc(Cl)n5)C4)n3)c3cc(C#N)cc(F)c32)cc1.Clc1ccnc(Cl)n1.[C-]#[N+]c1cc(F)c2c(c1)c(-c1ncc(F)c(N[C@@H]3CCC[C@H](N)C3)n1)cn2S(=O)(=O)c1ccc(C)cc1. The van der Waals surface area contributed by atoms with E-state index in [9.17, 15) is 26.5 Å². The first-order chi connectivity index (χ1) is 42.6. The van der Waals surface area contributed by atoms with Gasteiger partial charge in [-0.1, -0.05) is 47.0 Å². The average molecular weight is 1310 g/mol. The van der Waals surface area contributed by atoms with Crippen LogP contribution in [0.5, 0.6) is 0 Å². The number of benzene rings is 4. The molecule has 0 radical (unpaired) electrons. The van der Waals surface area contributed by atoms with Crippen molar-refractivity contribution in [2.45, 2.75) is 99.2 Å². The lowest BCUT2D eigenvalue weighted by Crippen LogP contribution is -2.35. The van der Waals surface area contributed by atoms with Crippen molar-refractivity contribution < 1.29 is 34.4 Å². The van der Waals surface area contributed by atoms with Crippen LogP contribution in [0.4, 0.5) is 40.7 Å². The van der Waals surface area contributed by atoms with Gasteiger partial charge in [0.2, 0.25) is 10.6 Å². The van der Waals surface area contributed by atoms with E-state index in [1.807, 2.05) is 19.9 Å². The number of nitrogens with one attached hydrogen (secondary N) is 3. The molecule has 0 aliphatic heterocycles. The third-order valence-electron chi connectivity index (χ3n) is 14.7. The Bertz CT molecular complexity index is 4610. The highest BCUT2D eigenvalue weighted by molar-refractivity contribution is 7.90. The largest absolute Gasteiger partial charge is 0.367 e. The van der Waals surface area contributed by atoms with E-state index in [2.05, 4.69) is 60.7 Å². The second kappa shape index (κ2) is 26.8. The zero-order valence-electron chi connectivity index (χ0n) is 47.1. The number of fused-ring (bicyclic) bond motifs is 2. The molecule has 0 spiro atoms. The van der Waals surface area contributed by atoms with Gasteiger partial charge in [-0.15, -0.1) is 0 Å². The highest BCUT2D eigenvalue weighted by Crippen LogP contribution is 2.38. The molecule has 10 aromatic rings. The minimum Gasteiger partial charge on any atom is -0.367 e. The van der Waals surface area contributed by atoms with Gasteiger partial charge in [0.25, 0.3) is 20.0 Å². The first kappa shape index (κ1) is 63.1. The van der Waals surface area contributed by atoms with Gasteiger partial charge in [0, 0.05) is 70.9 Å². The predicted molar refractivity (Wildman–Crippen MR) is 331 cm³/mol. The Kier molecular flexibility index (Phi) is 19.0. The van der Waals surface area contributed by atoms with Crippen molar-refractivity contribution in [1.82, 2.24) is 47.8 Å². The van der Waals surface area contributed by atoms with Crippen LogP contribution in [-0.4, -0.2) is 88.8 Å². The lowest BCUT2D eigenvalue weighted by atomic mass is 9.91. The smallest absolute Gasteiger partial charge is 0.268 e. The van der Waals surface area contributed by atoms with Crippen LogP contribution < -0.4 is 21.7 Å². The molecule has 0 bridgehead atoms. The van der Waals surface area contributed by atoms with Crippen molar-refractivity contribution in [3.63, 3.8) is 0 Å². The Balaban J connectivity index is 0.000000176. The summed E-state index contributed by atoms with van der Waals surface area (Å²) in [6, 6.07) is 22.0. The van der Waals surface area contributed by atoms with Crippen molar-refractivity contribution >= 4 is 99.8 Å². The van der Waals surface area contributed by atoms with E-state index in [1.54, 1.807) is 42.6 Å². The first-order valence-electron chi connectivity index (χ1n) is 27.4. The number of nitrogens with zero attached hydrogens (tertiary/aromatic N) is 12. The molecular formula is C60H51Cl3F4N16O4S2. The van der Waals surface area contributed by atoms with E-state index >= 15 is 13.2 Å². The summed E-state index contributed by atoms with van der Waals surface area (Å²) in [5.74, 6) is -2.75. The van der Waals surface area contributed by atoms with Crippen LogP contribution in [0.3, 0.4) is 0 Å². The molecule has 89 heavy (non-hydrogen) atoms. The zero-order valence-corrected chi connectivity index (χ0v) is 51.0. The van der Waals surface area contributed by atoms with Gasteiger partial charge in [-0.2, -0.15) is 5.26 Å². The second-order valence-corrected chi connectivity index (χ2v) is 25.7. The van der Waals surface area contributed by atoms with E-state index in [0.717, 1.165) is 82.1 Å². The quantitative estimate of drug-likeness (QED) is 0.0383. The predicted octanol–water partition coefficient (Wildman–Crippen LogP) is 13.0. The molecule has 6 aromatic heterocycles. The fourth-order valence-electron chi connectivity index (χ4n) is 10.4. The topological polar surface area (TPSA) is 272 Å². The summed E-state index contributed by atoms with van der Waals surface area (Å²) >= 11 is 16.7. The molecule has 5 N–H and O–H groups in total. The van der Waals surface area contributed by atoms with Gasteiger partial charge in [-0.25, -0.2) is 87.1 Å². The lowest BCUT2D eigenvalue weighted by Gasteiger charge is -2.31. The number of anilines is 3. The third-order valence-corrected chi connectivity index (χ3v) is 18.6. The zero-order chi connectivity index (χ0) is 63.3. The van der Waals surface area contributed by atoms with Gasteiger partial charge < -0.3 is 21.7 Å². The summed E-state index contributed by atoms with van der Waals surface area (Å²) in [5, 5.41) is 20.0. The fraction of sp³-hybridized carbons (Fsp3) is 0.233. The van der Waals surface area contributed by atoms with Crippen molar-refractivity contribution in [2.75, 3.05) is 16.0 Å². The normalized spacial score (nSPS) is 16.7. The molecular weight excluding hydrogens is 1260 g/mol. The number of nitriles is 1. The second-order valence-electron chi connectivity index (χ2n) is 21.0. The van der Waals surface area contributed by atoms with Gasteiger partial charge in [0.15, 0.2) is 40.6 Å². The average Bonchev–Trinajstić information content (AvgIpc) is 2.38. The molecule has 12 rings (SSSR count). The van der Waals surface area contributed by atoms with Gasteiger partial charge in [-0.05, 0) is 149 Å². The molecule has 6 heterocycles. The Hall–Kier alpha value is -8.89. The van der Waals surface area contributed by atoms with Crippen molar-refractivity contribution in [1.29, 1.82) is 5.26 Å². The molecule has 4 atom stereocenters. The van der Waals surface area contributed by atoms with Crippen molar-refractivity contribution in [3.05, 3.63) is 189 Å². The number of rotatable bonds is 12. The number of hydrogen-bond donors (Lipinski definition) is 4. The highest BCUT2D eigenvalue weighted by Gasteiger charge is 2.30. The van der Waals surface area contributed by atoms with Crippen LogP contribution in [0, 0.1) is 55.0 Å². The molecule has 0 saturated heterocycles. The van der Waals surface area contributed by atoms with E-state index < -0.39 is 43.3 Å². The van der Waals surface area contributed by atoms with Gasteiger partial charge in [0.05, 0.1) is 45.9 Å². The van der Waals surface area contributed by atoms with Crippen LogP contribution in [0.2, 0.25) is 15.7 Å². The monoisotopic (exact) mass is 1300 g/mol. The molecule has 4 aromatic carbocycles. The minimum atomic E-state index is -4.26. The van der Waals surface area contributed by atoms with Crippen LogP contribution in [-0.2, 0) is 20.0 Å². The standard InChI is InChI=1S/C30H25ClF2N8O2S.C26H24F2N6O2S.C4H2Cl2N2/c1-17-5-7-21(8-6-17)44(42,43)41-16-23(22-11-18(14-34)12-24(32)27(22)41)28-36-15-25(33)29(40-28)38-20-4-2-3-19(13-20)37-26-9-10-35-30(31)39-26;1-15-6-8-19(9-7-15)37(35,36)34-14-21(20-11-18(30-2)12-22(27)24(20)34)25-31-13-23(28)26(33-25)32-17-5-3-4-16(29)10-17;5-3-1-2-7-4(6)8-3/h5-12,15-16,19-20H,2-4,13H2,1H3,(H,35,37,39)(H,36,38,40);6-9,11-14,16-17H,3-5,10,29H2,1H3,(H,31,32,33);1-2H/t19-,20+;16-,17+;/m00./s1. The number of hydrogen-bond acceptors (Lipinski definition) is 17. The molecule has 456 valence electrons. The Morgan fingerprint density at radius 3 is 1.57 bits per heavy atom. The summed E-state index contributed by atoms with van der Waals surface area (Å²) in [6.45, 7) is 11.0. The number of aryl methyl sites for hydroxylation is 2. The van der Waals surface area contributed by atoms with E-state index in [4.69, 9.17) is 47.1 Å².